The van der Waals surface area contributed by atoms with Crippen molar-refractivity contribution < 1.29 is 9.72 Å². The molecular formula is C27H26N4O3. The van der Waals surface area contributed by atoms with Crippen molar-refractivity contribution in [3.63, 3.8) is 0 Å². The van der Waals surface area contributed by atoms with Crippen molar-refractivity contribution in [3.8, 4) is 0 Å². The summed E-state index contributed by atoms with van der Waals surface area (Å²) < 4.78 is 0. The number of nitrogens with one attached hydrogen (secondary N) is 2. The summed E-state index contributed by atoms with van der Waals surface area (Å²) in [7, 11) is 2.18. The van der Waals surface area contributed by atoms with Crippen molar-refractivity contribution >= 4 is 34.2 Å². The highest BCUT2D eigenvalue weighted by molar-refractivity contribution is 6.37. The van der Waals surface area contributed by atoms with Crippen LogP contribution in [-0.4, -0.2) is 35.4 Å². The number of likely N-dealkylation sites (N-methyl/N-ethyl adjacent to an activating group) is 1. The lowest BCUT2D eigenvalue weighted by Crippen LogP contribution is -2.26. The Bertz CT molecular complexity index is 1270. The number of carbonyl (C=O) groups is 1. The number of likely N-dealkylation sites (tertiary alicyclic amines) is 1. The zero-order valence-corrected chi connectivity index (χ0v) is 19.0. The third kappa shape index (κ3) is 4.30. The predicted octanol–water partition coefficient (Wildman–Crippen LogP) is 5.16. The summed E-state index contributed by atoms with van der Waals surface area (Å²) in [5.74, 6) is -0.289. The van der Waals surface area contributed by atoms with Gasteiger partial charge in [0.2, 0.25) is 0 Å². The van der Waals surface area contributed by atoms with Crippen molar-refractivity contribution in [1.29, 1.82) is 0 Å². The quantitative estimate of drug-likeness (QED) is 0.305. The molecule has 7 nitrogen and oxygen atoms in total. The molecule has 2 aliphatic rings. The number of hydrogen-bond donors (Lipinski definition) is 2. The number of anilines is 2. The fourth-order valence-corrected chi connectivity index (χ4v) is 4.78. The number of nitrogens with zero attached hydrogens (tertiary/aromatic N) is 2. The second-order valence-corrected chi connectivity index (χ2v) is 8.86. The van der Waals surface area contributed by atoms with Crippen LogP contribution in [-0.2, 0) is 11.2 Å². The van der Waals surface area contributed by atoms with E-state index in [0.29, 0.717) is 28.6 Å². The van der Waals surface area contributed by atoms with Gasteiger partial charge in [-0.3, -0.25) is 14.9 Å². The minimum Gasteiger partial charge on any atom is -0.354 e. The van der Waals surface area contributed by atoms with Crippen molar-refractivity contribution in [2.24, 2.45) is 0 Å². The Labute approximate surface area is 198 Å². The highest BCUT2D eigenvalue weighted by Gasteiger charge is 2.30. The monoisotopic (exact) mass is 454 g/mol. The summed E-state index contributed by atoms with van der Waals surface area (Å²) in [6.07, 6.45) is 3.49. The van der Waals surface area contributed by atoms with Gasteiger partial charge in [0.25, 0.3) is 11.6 Å². The average Bonchev–Trinajstić information content (AvgIpc) is 3.40. The van der Waals surface area contributed by atoms with Crippen LogP contribution in [0.4, 0.5) is 17.1 Å². The Morgan fingerprint density at radius 2 is 1.88 bits per heavy atom. The maximum Gasteiger partial charge on any atom is 0.270 e. The molecule has 2 aliphatic heterocycles. The average molecular weight is 455 g/mol. The van der Waals surface area contributed by atoms with Crippen LogP contribution < -0.4 is 10.6 Å². The van der Waals surface area contributed by atoms with Gasteiger partial charge in [0.1, 0.15) is 0 Å². The highest BCUT2D eigenvalue weighted by Crippen LogP contribution is 2.39. The number of non-ortho nitro benzene ring substituents is 1. The summed E-state index contributed by atoms with van der Waals surface area (Å²) in [6.45, 7) is 1.15. The molecule has 2 heterocycles. The molecule has 2 N–H and O–H groups in total. The van der Waals surface area contributed by atoms with Gasteiger partial charge in [0, 0.05) is 35.1 Å². The van der Waals surface area contributed by atoms with Gasteiger partial charge in [-0.2, -0.15) is 0 Å². The molecule has 0 aliphatic carbocycles. The summed E-state index contributed by atoms with van der Waals surface area (Å²) in [4.78, 5) is 26.3. The van der Waals surface area contributed by atoms with Gasteiger partial charge in [-0.15, -0.1) is 0 Å². The Morgan fingerprint density at radius 3 is 2.56 bits per heavy atom. The van der Waals surface area contributed by atoms with E-state index in [9.17, 15) is 14.9 Å². The molecule has 1 fully saturated rings. The van der Waals surface area contributed by atoms with Crippen LogP contribution in [0.5, 0.6) is 0 Å². The van der Waals surface area contributed by atoms with Crippen molar-refractivity contribution in [2.75, 3.05) is 24.2 Å². The molecule has 1 amide bonds. The van der Waals surface area contributed by atoms with E-state index in [2.05, 4.69) is 34.7 Å². The summed E-state index contributed by atoms with van der Waals surface area (Å²) in [5, 5.41) is 17.6. The number of amides is 1. The molecule has 34 heavy (non-hydrogen) atoms. The molecule has 0 radical (unpaired) electrons. The van der Waals surface area contributed by atoms with E-state index in [1.807, 2.05) is 42.5 Å². The molecular weight excluding hydrogens is 428 g/mol. The van der Waals surface area contributed by atoms with Gasteiger partial charge in [0.15, 0.2) is 0 Å². The first-order valence-corrected chi connectivity index (χ1v) is 11.5. The molecule has 0 saturated carbocycles. The van der Waals surface area contributed by atoms with Crippen LogP contribution in [0.3, 0.4) is 0 Å². The first-order chi connectivity index (χ1) is 16.5. The van der Waals surface area contributed by atoms with Crippen LogP contribution in [0.15, 0.2) is 72.8 Å². The largest absolute Gasteiger partial charge is 0.354 e. The molecule has 0 bridgehead atoms. The Hall–Kier alpha value is -3.97. The van der Waals surface area contributed by atoms with Crippen LogP contribution in [0.2, 0.25) is 0 Å². The molecule has 1 atom stereocenters. The van der Waals surface area contributed by atoms with E-state index in [1.165, 1.54) is 30.5 Å². The number of nitro groups is 1. The number of nitro benzene ring substituents is 1. The number of fused-ring (bicyclic) bond motifs is 1. The summed E-state index contributed by atoms with van der Waals surface area (Å²) >= 11 is 0. The molecule has 5 rings (SSSR count). The lowest BCUT2D eigenvalue weighted by molar-refractivity contribution is -0.384. The third-order valence-electron chi connectivity index (χ3n) is 6.64. The van der Waals surface area contributed by atoms with Crippen LogP contribution in [0, 0.1) is 10.1 Å². The Balaban J connectivity index is 1.51. The van der Waals surface area contributed by atoms with E-state index in [-0.39, 0.29) is 11.6 Å². The van der Waals surface area contributed by atoms with Gasteiger partial charge >= 0.3 is 0 Å². The van der Waals surface area contributed by atoms with Crippen molar-refractivity contribution in [1.82, 2.24) is 4.90 Å². The summed E-state index contributed by atoms with van der Waals surface area (Å²) in [5.41, 5.74) is 4.98. The fraction of sp³-hybridized carbons (Fsp3) is 0.222. The lowest BCUT2D eigenvalue weighted by Gasteiger charge is -2.19. The van der Waals surface area contributed by atoms with E-state index >= 15 is 0 Å². The predicted molar refractivity (Wildman–Crippen MR) is 134 cm³/mol. The number of benzene rings is 3. The topological polar surface area (TPSA) is 87.5 Å². The van der Waals surface area contributed by atoms with Gasteiger partial charge in [-0.05, 0) is 62.2 Å². The third-order valence-corrected chi connectivity index (χ3v) is 6.64. The maximum atomic E-state index is 13.0. The molecule has 1 unspecified atom stereocenters. The van der Waals surface area contributed by atoms with Gasteiger partial charge in [0.05, 0.1) is 16.2 Å². The van der Waals surface area contributed by atoms with Crippen molar-refractivity contribution in [2.45, 2.75) is 25.3 Å². The normalized spacial score (nSPS) is 19.0. The Morgan fingerprint density at radius 1 is 1.12 bits per heavy atom. The standard InChI is InChI=1S/C27H26N4O3/c1-30-15-5-8-21(30)16-18-9-11-20(12-10-18)28-26(19-6-3-2-4-7-19)25-23-17-22(31(33)34)13-14-24(23)29-27(25)32/h2-4,6-7,9-14,17,21,28H,5,8,15-16H2,1H3,(H,29,32)/b26-25-. The molecule has 3 aromatic rings. The van der Waals surface area contributed by atoms with Crippen molar-refractivity contribution in [3.05, 3.63) is 99.6 Å². The first kappa shape index (κ1) is 21.9. The van der Waals surface area contributed by atoms with Gasteiger partial charge < -0.3 is 15.5 Å². The van der Waals surface area contributed by atoms with Crippen LogP contribution in [0.1, 0.15) is 29.5 Å². The van der Waals surface area contributed by atoms with E-state index < -0.39 is 4.92 Å². The second kappa shape index (κ2) is 9.11. The number of carbonyl (C=O) groups excluding carboxylic acids is 1. The molecule has 7 heteroatoms. The zero-order valence-electron chi connectivity index (χ0n) is 19.0. The van der Waals surface area contributed by atoms with Crippen LogP contribution >= 0.6 is 0 Å². The fourth-order valence-electron chi connectivity index (χ4n) is 4.78. The molecule has 0 spiro atoms. The molecule has 3 aromatic carbocycles. The minimum atomic E-state index is -0.448. The Kier molecular flexibility index (Phi) is 5.86. The van der Waals surface area contributed by atoms with E-state index in [4.69, 9.17) is 0 Å². The molecule has 172 valence electrons. The zero-order chi connectivity index (χ0) is 23.7. The molecule has 1 saturated heterocycles. The summed E-state index contributed by atoms with van der Waals surface area (Å²) in [6, 6.07) is 22.9. The van der Waals surface area contributed by atoms with E-state index in [1.54, 1.807) is 6.07 Å². The maximum absolute atomic E-state index is 13.0. The SMILES string of the molecule is CN1CCCC1Cc1ccc(N/C(=C2\C(=O)Nc3ccc([N+](=O)[O-])cc32)c2ccccc2)cc1. The first-order valence-electron chi connectivity index (χ1n) is 11.5. The second-order valence-electron chi connectivity index (χ2n) is 8.86. The van der Waals surface area contributed by atoms with Gasteiger partial charge in [-0.25, -0.2) is 0 Å². The smallest absolute Gasteiger partial charge is 0.270 e. The highest BCUT2D eigenvalue weighted by atomic mass is 16.6. The van der Waals surface area contributed by atoms with Crippen LogP contribution in [0.25, 0.3) is 11.3 Å². The van der Waals surface area contributed by atoms with Gasteiger partial charge in [-0.1, -0.05) is 42.5 Å². The molecule has 0 aromatic heterocycles. The number of rotatable bonds is 6. The minimum absolute atomic E-state index is 0.0543. The lowest BCUT2D eigenvalue weighted by atomic mass is 9.99. The van der Waals surface area contributed by atoms with E-state index in [0.717, 1.165) is 24.2 Å². The number of hydrogen-bond acceptors (Lipinski definition) is 5.